The van der Waals surface area contributed by atoms with E-state index in [4.69, 9.17) is 4.42 Å². The number of benzene rings is 2. The van der Waals surface area contributed by atoms with Crippen molar-refractivity contribution in [3.63, 3.8) is 0 Å². The van der Waals surface area contributed by atoms with Crippen LogP contribution in [-0.4, -0.2) is 10.9 Å². The zero-order chi connectivity index (χ0) is 20.1. The van der Waals surface area contributed by atoms with Crippen LogP contribution in [0.3, 0.4) is 0 Å². The fourth-order valence-electron chi connectivity index (χ4n) is 3.78. The summed E-state index contributed by atoms with van der Waals surface area (Å²) < 4.78 is 6.86. The Balaban J connectivity index is 1.83. The highest BCUT2D eigenvalue weighted by Gasteiger charge is 2.44. The molecule has 142 valence electrons. The minimum atomic E-state index is -0.610. The van der Waals surface area contributed by atoms with E-state index in [9.17, 15) is 9.59 Å². The lowest BCUT2D eigenvalue weighted by molar-refractivity contribution is 0.0970. The second-order valence-electron chi connectivity index (χ2n) is 6.99. The van der Waals surface area contributed by atoms with E-state index >= 15 is 0 Å². The van der Waals surface area contributed by atoms with Gasteiger partial charge in [0, 0.05) is 10.7 Å². The first kappa shape index (κ1) is 17.8. The van der Waals surface area contributed by atoms with Crippen molar-refractivity contribution in [2.75, 3.05) is 4.90 Å². The molecule has 1 amide bonds. The van der Waals surface area contributed by atoms with Crippen LogP contribution in [0.15, 0.2) is 80.5 Å². The number of amides is 1. The lowest BCUT2D eigenvalue weighted by Gasteiger charge is -2.24. The minimum Gasteiger partial charge on any atom is -0.450 e. The molecular weight excluding hydrogens is 432 g/mol. The summed E-state index contributed by atoms with van der Waals surface area (Å²) in [5.74, 6) is 0.174. The maximum atomic E-state index is 13.5. The summed E-state index contributed by atoms with van der Waals surface area (Å²) in [5, 5.41) is 0.474. The van der Waals surface area contributed by atoms with E-state index in [0.717, 1.165) is 15.6 Å². The molecule has 1 aliphatic rings. The molecule has 4 aromatic rings. The molecule has 0 unspecified atom stereocenters. The van der Waals surface area contributed by atoms with Gasteiger partial charge in [-0.2, -0.15) is 0 Å². The summed E-state index contributed by atoms with van der Waals surface area (Å²) >= 11 is 3.44. The topological polar surface area (TPSA) is 63.4 Å². The smallest absolute Gasteiger partial charge is 0.296 e. The second-order valence-corrected chi connectivity index (χ2v) is 7.91. The van der Waals surface area contributed by atoms with E-state index in [-0.39, 0.29) is 17.1 Å². The van der Waals surface area contributed by atoms with Crippen LogP contribution >= 0.6 is 15.9 Å². The van der Waals surface area contributed by atoms with Crippen molar-refractivity contribution in [2.24, 2.45) is 0 Å². The number of hydrogen-bond acceptors (Lipinski definition) is 4. The van der Waals surface area contributed by atoms with Crippen molar-refractivity contribution < 1.29 is 9.21 Å². The molecule has 5 rings (SSSR count). The van der Waals surface area contributed by atoms with Crippen molar-refractivity contribution in [2.45, 2.75) is 13.0 Å². The summed E-state index contributed by atoms with van der Waals surface area (Å²) in [5.41, 5.74) is 2.33. The van der Waals surface area contributed by atoms with Gasteiger partial charge >= 0.3 is 0 Å². The Morgan fingerprint density at radius 3 is 2.55 bits per heavy atom. The first-order valence-corrected chi connectivity index (χ1v) is 9.91. The number of halogens is 1. The van der Waals surface area contributed by atoms with E-state index in [1.165, 1.54) is 4.90 Å². The number of carbonyl (C=O) groups is 1. The number of aromatic nitrogens is 1. The number of fused-ring (bicyclic) bond motifs is 2. The van der Waals surface area contributed by atoms with Crippen molar-refractivity contribution in [3.05, 3.63) is 104 Å². The van der Waals surface area contributed by atoms with Gasteiger partial charge in [0.05, 0.1) is 17.0 Å². The quantitative estimate of drug-likeness (QED) is 0.434. The summed E-state index contributed by atoms with van der Waals surface area (Å²) in [4.78, 5) is 32.7. The Labute approximate surface area is 174 Å². The van der Waals surface area contributed by atoms with Crippen molar-refractivity contribution in [1.82, 2.24) is 4.98 Å². The Morgan fingerprint density at radius 2 is 1.83 bits per heavy atom. The highest BCUT2D eigenvalue weighted by atomic mass is 79.9. The van der Waals surface area contributed by atoms with E-state index < -0.39 is 6.04 Å². The van der Waals surface area contributed by atoms with Gasteiger partial charge in [0.25, 0.3) is 5.91 Å². The van der Waals surface area contributed by atoms with Crippen LogP contribution in [-0.2, 0) is 0 Å². The molecule has 0 saturated heterocycles. The predicted molar refractivity (Wildman–Crippen MR) is 114 cm³/mol. The molecule has 2 aromatic heterocycles. The Morgan fingerprint density at radius 1 is 1.03 bits per heavy atom. The van der Waals surface area contributed by atoms with Gasteiger partial charge in [-0.05, 0) is 48.9 Å². The predicted octanol–water partition coefficient (Wildman–Crippen LogP) is 5.01. The molecule has 2 aromatic carbocycles. The number of hydrogen-bond donors (Lipinski definition) is 0. The zero-order valence-corrected chi connectivity index (χ0v) is 17.0. The Hall–Kier alpha value is -3.25. The lowest BCUT2D eigenvalue weighted by Crippen LogP contribution is -2.30. The first-order chi connectivity index (χ1) is 14.0. The molecule has 0 fully saturated rings. The van der Waals surface area contributed by atoms with Crippen molar-refractivity contribution in [3.8, 4) is 0 Å². The number of aryl methyl sites for hydroxylation is 1. The average molecular weight is 447 g/mol. The standard InChI is InChI=1S/C23H15BrN2O3/c1-13-5-10-17-16(12-13)21(27)19-20(14-6-8-15(24)9-7-14)26(23(28)22(19)29-17)18-4-2-3-11-25-18/h2-12,20H,1H3/t20-/m1/s1. The minimum absolute atomic E-state index is 0.0740. The maximum absolute atomic E-state index is 13.5. The van der Waals surface area contributed by atoms with Gasteiger partial charge in [-0.3, -0.25) is 14.5 Å². The van der Waals surface area contributed by atoms with E-state index in [1.54, 1.807) is 30.5 Å². The first-order valence-electron chi connectivity index (χ1n) is 9.12. The number of rotatable bonds is 2. The number of anilines is 1. The third-order valence-electron chi connectivity index (χ3n) is 5.11. The molecule has 0 spiro atoms. The molecule has 29 heavy (non-hydrogen) atoms. The second kappa shape index (κ2) is 6.67. The van der Waals surface area contributed by atoms with Crippen molar-refractivity contribution in [1.29, 1.82) is 0 Å². The number of nitrogens with zero attached hydrogens (tertiary/aromatic N) is 2. The molecule has 3 heterocycles. The normalized spacial score (nSPS) is 15.7. The van der Waals surface area contributed by atoms with E-state index in [1.807, 2.05) is 43.3 Å². The Kier molecular flexibility index (Phi) is 4.10. The van der Waals surface area contributed by atoms with Crippen LogP contribution in [0.2, 0.25) is 0 Å². The van der Waals surface area contributed by atoms with E-state index in [2.05, 4.69) is 20.9 Å². The van der Waals surface area contributed by atoms with Crippen LogP contribution in [0.5, 0.6) is 0 Å². The molecule has 6 heteroatoms. The molecule has 0 N–H and O–H groups in total. The molecule has 1 atom stereocenters. The van der Waals surface area contributed by atoms with Crippen LogP contribution in [0.4, 0.5) is 5.82 Å². The fourth-order valence-corrected chi connectivity index (χ4v) is 4.04. The maximum Gasteiger partial charge on any atom is 0.296 e. The highest BCUT2D eigenvalue weighted by molar-refractivity contribution is 9.10. The highest BCUT2D eigenvalue weighted by Crippen LogP contribution is 2.40. The third kappa shape index (κ3) is 2.79. The van der Waals surface area contributed by atoms with Crippen molar-refractivity contribution >= 4 is 38.6 Å². The van der Waals surface area contributed by atoms with Crippen LogP contribution in [0.1, 0.15) is 33.3 Å². The zero-order valence-electron chi connectivity index (χ0n) is 15.4. The molecule has 0 aliphatic carbocycles. The summed E-state index contributed by atoms with van der Waals surface area (Å²) in [7, 11) is 0. The number of carbonyl (C=O) groups excluding carboxylic acids is 1. The van der Waals surface area contributed by atoms with Gasteiger partial charge in [0.2, 0.25) is 5.76 Å². The third-order valence-corrected chi connectivity index (χ3v) is 5.64. The average Bonchev–Trinajstić information content (AvgIpc) is 3.03. The summed E-state index contributed by atoms with van der Waals surface area (Å²) in [6.07, 6.45) is 1.62. The van der Waals surface area contributed by atoms with Gasteiger partial charge in [0.1, 0.15) is 11.4 Å². The molecule has 0 radical (unpaired) electrons. The summed E-state index contributed by atoms with van der Waals surface area (Å²) in [6.45, 7) is 1.92. The fraction of sp³-hybridized carbons (Fsp3) is 0.0870. The molecule has 5 nitrogen and oxygen atoms in total. The van der Waals surface area contributed by atoms with Crippen LogP contribution in [0.25, 0.3) is 11.0 Å². The van der Waals surface area contributed by atoms with Crippen LogP contribution < -0.4 is 10.3 Å². The van der Waals surface area contributed by atoms with Gasteiger partial charge in [-0.1, -0.05) is 45.8 Å². The monoisotopic (exact) mass is 446 g/mol. The van der Waals surface area contributed by atoms with Crippen LogP contribution in [0, 0.1) is 6.92 Å². The Bertz CT molecular complexity index is 1310. The molecular formula is C23H15BrN2O3. The van der Waals surface area contributed by atoms with Gasteiger partial charge in [-0.25, -0.2) is 4.98 Å². The molecule has 0 bridgehead atoms. The summed E-state index contributed by atoms with van der Waals surface area (Å²) in [6, 6.07) is 17.7. The van der Waals surface area contributed by atoms with E-state index in [0.29, 0.717) is 22.4 Å². The molecule has 1 aliphatic heterocycles. The van der Waals surface area contributed by atoms with Gasteiger partial charge < -0.3 is 4.42 Å². The van der Waals surface area contributed by atoms with Gasteiger partial charge in [-0.15, -0.1) is 0 Å². The van der Waals surface area contributed by atoms with Gasteiger partial charge in [0.15, 0.2) is 5.43 Å². The SMILES string of the molecule is Cc1ccc2oc3c(c(=O)c2c1)[C@@H](c1ccc(Br)cc1)N(c1ccccn1)C3=O. The largest absolute Gasteiger partial charge is 0.450 e. The number of pyridine rings is 1. The molecule has 0 saturated carbocycles. The lowest BCUT2D eigenvalue weighted by atomic mass is 9.98.